The van der Waals surface area contributed by atoms with E-state index in [2.05, 4.69) is 10.0 Å². The predicted molar refractivity (Wildman–Crippen MR) is 98.3 cm³/mol. The van der Waals surface area contributed by atoms with E-state index in [0.717, 1.165) is 31.7 Å². The van der Waals surface area contributed by atoms with Crippen LogP contribution in [0.1, 0.15) is 36.0 Å². The highest BCUT2D eigenvalue weighted by molar-refractivity contribution is 7.89. The molecule has 5 nitrogen and oxygen atoms in total. The zero-order valence-corrected chi connectivity index (χ0v) is 16.0. The summed E-state index contributed by atoms with van der Waals surface area (Å²) >= 11 is 5.98. The molecule has 0 saturated heterocycles. The van der Waals surface area contributed by atoms with Crippen molar-refractivity contribution in [2.75, 3.05) is 5.32 Å². The summed E-state index contributed by atoms with van der Waals surface area (Å²) in [4.78, 5) is 12.3. The Labute approximate surface area is 164 Å². The average Bonchev–Trinajstić information content (AvgIpc) is 3.12. The number of rotatable bonds is 5. The molecule has 0 radical (unpaired) electrons. The minimum absolute atomic E-state index is 0.0552. The summed E-state index contributed by atoms with van der Waals surface area (Å²) in [5.74, 6) is -5.51. The maximum absolute atomic E-state index is 13.3. The number of nitrogens with one attached hydrogen (secondary N) is 2. The number of hydrogen-bond acceptors (Lipinski definition) is 3. The third kappa shape index (κ3) is 4.48. The quantitative estimate of drug-likeness (QED) is 0.694. The van der Waals surface area contributed by atoms with Crippen molar-refractivity contribution in [3.8, 4) is 0 Å². The Kier molecular flexibility index (Phi) is 5.97. The van der Waals surface area contributed by atoms with Crippen LogP contribution in [0.25, 0.3) is 0 Å². The lowest BCUT2D eigenvalue weighted by Gasteiger charge is -2.14. The van der Waals surface area contributed by atoms with Crippen molar-refractivity contribution >= 4 is 33.2 Å². The van der Waals surface area contributed by atoms with Gasteiger partial charge >= 0.3 is 0 Å². The second-order valence-electron chi connectivity index (χ2n) is 6.45. The van der Waals surface area contributed by atoms with Crippen molar-refractivity contribution in [2.45, 2.75) is 36.6 Å². The molecule has 1 aliphatic carbocycles. The van der Waals surface area contributed by atoms with Gasteiger partial charge in [0.05, 0.1) is 15.5 Å². The molecule has 28 heavy (non-hydrogen) atoms. The Morgan fingerprint density at radius 2 is 1.64 bits per heavy atom. The Hall–Kier alpha value is -2.10. The van der Waals surface area contributed by atoms with Gasteiger partial charge in [-0.2, -0.15) is 0 Å². The highest BCUT2D eigenvalue weighted by atomic mass is 35.5. The van der Waals surface area contributed by atoms with E-state index >= 15 is 0 Å². The Bertz CT molecular complexity index is 1000. The number of anilines is 1. The number of carbonyl (C=O) groups is 1. The summed E-state index contributed by atoms with van der Waals surface area (Å²) in [5, 5.41) is 2.12. The normalized spacial score (nSPS) is 15.0. The molecule has 1 aliphatic rings. The van der Waals surface area contributed by atoms with E-state index in [4.69, 9.17) is 11.6 Å². The lowest BCUT2D eigenvalue weighted by atomic mass is 10.2. The zero-order valence-electron chi connectivity index (χ0n) is 14.4. The Morgan fingerprint density at radius 1 is 1.04 bits per heavy atom. The van der Waals surface area contributed by atoms with Crippen molar-refractivity contribution in [2.24, 2.45) is 0 Å². The number of benzene rings is 2. The van der Waals surface area contributed by atoms with E-state index in [-0.39, 0.29) is 27.2 Å². The van der Waals surface area contributed by atoms with E-state index < -0.39 is 33.4 Å². The molecular formula is C18H16ClF3N2O3S. The van der Waals surface area contributed by atoms with Gasteiger partial charge in [-0.1, -0.05) is 24.4 Å². The topological polar surface area (TPSA) is 75.3 Å². The van der Waals surface area contributed by atoms with E-state index in [1.54, 1.807) is 0 Å². The van der Waals surface area contributed by atoms with Crippen LogP contribution in [0.3, 0.4) is 0 Å². The summed E-state index contributed by atoms with van der Waals surface area (Å²) in [5.41, 5.74) is -0.545. The molecule has 1 fully saturated rings. The van der Waals surface area contributed by atoms with Gasteiger partial charge in [0.25, 0.3) is 5.91 Å². The number of hydrogen-bond donors (Lipinski definition) is 2. The minimum Gasteiger partial charge on any atom is -0.322 e. The van der Waals surface area contributed by atoms with Crippen molar-refractivity contribution in [3.63, 3.8) is 0 Å². The fourth-order valence-electron chi connectivity index (χ4n) is 3.00. The monoisotopic (exact) mass is 432 g/mol. The number of carbonyl (C=O) groups excluding carboxylic acids is 1. The molecule has 0 bridgehead atoms. The van der Waals surface area contributed by atoms with Crippen LogP contribution in [0.4, 0.5) is 18.9 Å². The summed E-state index contributed by atoms with van der Waals surface area (Å²) in [6.45, 7) is 0. The molecule has 0 spiro atoms. The maximum Gasteiger partial charge on any atom is 0.257 e. The van der Waals surface area contributed by atoms with Gasteiger partial charge in [0.1, 0.15) is 0 Å². The number of amides is 1. The lowest BCUT2D eigenvalue weighted by molar-refractivity contribution is 0.102. The number of sulfonamides is 1. The molecule has 0 aromatic heterocycles. The average molecular weight is 433 g/mol. The third-order valence-electron chi connectivity index (χ3n) is 4.41. The minimum atomic E-state index is -3.87. The van der Waals surface area contributed by atoms with Crippen molar-refractivity contribution < 1.29 is 26.4 Å². The van der Waals surface area contributed by atoms with Crippen LogP contribution in [0, 0.1) is 17.5 Å². The standard InChI is InChI=1S/C18H16ClF3N2O3S/c19-14-6-5-12(28(26,27)24-10-3-1-2-4-10)9-13(14)18(25)23-11-7-15(20)17(22)16(21)8-11/h5-10,24H,1-4H2,(H,23,25). The van der Waals surface area contributed by atoms with E-state index in [1.807, 2.05) is 0 Å². The van der Waals surface area contributed by atoms with Crippen molar-refractivity contribution in [1.82, 2.24) is 4.72 Å². The van der Waals surface area contributed by atoms with Crippen LogP contribution in [0.5, 0.6) is 0 Å². The van der Waals surface area contributed by atoms with Gasteiger partial charge in [-0.25, -0.2) is 26.3 Å². The molecule has 0 atom stereocenters. The molecule has 150 valence electrons. The summed E-state index contributed by atoms with van der Waals surface area (Å²) in [6, 6.07) is 4.62. The molecule has 3 rings (SSSR count). The first kappa shape index (κ1) is 20.6. The first-order valence-electron chi connectivity index (χ1n) is 8.45. The first-order valence-corrected chi connectivity index (χ1v) is 10.3. The molecular weight excluding hydrogens is 417 g/mol. The van der Waals surface area contributed by atoms with Crippen LogP contribution in [0.15, 0.2) is 35.2 Å². The number of halogens is 4. The molecule has 1 saturated carbocycles. The van der Waals surface area contributed by atoms with Gasteiger partial charge in [-0.3, -0.25) is 4.79 Å². The molecule has 0 aliphatic heterocycles. The van der Waals surface area contributed by atoms with Gasteiger partial charge in [0.15, 0.2) is 17.5 Å². The van der Waals surface area contributed by atoms with Gasteiger partial charge in [0, 0.05) is 23.9 Å². The van der Waals surface area contributed by atoms with Crippen molar-refractivity contribution in [3.05, 3.63) is 58.4 Å². The largest absolute Gasteiger partial charge is 0.322 e. The highest BCUT2D eigenvalue weighted by Gasteiger charge is 2.24. The van der Waals surface area contributed by atoms with Gasteiger partial charge < -0.3 is 5.32 Å². The SMILES string of the molecule is O=C(Nc1cc(F)c(F)c(F)c1)c1cc(S(=O)(=O)NC2CCCC2)ccc1Cl. The van der Waals surface area contributed by atoms with Crippen molar-refractivity contribution in [1.29, 1.82) is 0 Å². The van der Waals surface area contributed by atoms with Gasteiger partial charge in [-0.15, -0.1) is 0 Å². The molecule has 2 aromatic carbocycles. The predicted octanol–water partition coefficient (Wildman–Crippen LogP) is 4.23. The first-order chi connectivity index (χ1) is 13.2. The summed E-state index contributed by atoms with van der Waals surface area (Å²) in [6.07, 6.45) is 3.35. The maximum atomic E-state index is 13.3. The molecule has 2 N–H and O–H groups in total. The van der Waals surface area contributed by atoms with Gasteiger partial charge in [-0.05, 0) is 31.0 Å². The Morgan fingerprint density at radius 3 is 2.25 bits per heavy atom. The van der Waals surface area contributed by atoms with Crippen LogP contribution < -0.4 is 10.0 Å². The molecule has 1 amide bonds. The lowest BCUT2D eigenvalue weighted by Crippen LogP contribution is -2.32. The molecule has 10 heteroatoms. The molecule has 0 unspecified atom stereocenters. The fraction of sp³-hybridized carbons (Fsp3) is 0.278. The summed E-state index contributed by atoms with van der Waals surface area (Å²) in [7, 11) is -3.87. The summed E-state index contributed by atoms with van der Waals surface area (Å²) < 4.78 is 67.3. The van der Waals surface area contributed by atoms with Gasteiger partial charge in [0.2, 0.25) is 10.0 Å². The van der Waals surface area contributed by atoms with Crippen LogP contribution in [-0.4, -0.2) is 20.4 Å². The van der Waals surface area contributed by atoms with Crippen LogP contribution in [0.2, 0.25) is 5.02 Å². The van der Waals surface area contributed by atoms with Crippen LogP contribution >= 0.6 is 11.6 Å². The van der Waals surface area contributed by atoms with Crippen LogP contribution in [-0.2, 0) is 10.0 Å². The molecule has 2 aromatic rings. The van der Waals surface area contributed by atoms with E-state index in [1.165, 1.54) is 12.1 Å². The Balaban J connectivity index is 1.85. The van der Waals surface area contributed by atoms with E-state index in [9.17, 15) is 26.4 Å². The second kappa shape index (κ2) is 8.10. The highest BCUT2D eigenvalue weighted by Crippen LogP contribution is 2.25. The fourth-order valence-corrected chi connectivity index (χ4v) is 4.54. The third-order valence-corrected chi connectivity index (χ3v) is 6.26. The van der Waals surface area contributed by atoms with E-state index in [0.29, 0.717) is 12.1 Å². The zero-order chi connectivity index (χ0) is 20.5. The smallest absolute Gasteiger partial charge is 0.257 e. The molecule has 0 heterocycles. The second-order valence-corrected chi connectivity index (χ2v) is 8.57.